The Hall–Kier alpha value is -3.29. The topological polar surface area (TPSA) is 103 Å². The minimum Gasteiger partial charge on any atom is -0.462 e. The van der Waals surface area contributed by atoms with Crippen molar-refractivity contribution in [2.75, 3.05) is 18.5 Å². The van der Waals surface area contributed by atoms with Crippen molar-refractivity contribution in [3.05, 3.63) is 47.6 Å². The van der Waals surface area contributed by atoms with Gasteiger partial charge in [0.25, 0.3) is 0 Å². The maximum atomic E-state index is 12.0. The van der Waals surface area contributed by atoms with Gasteiger partial charge in [-0.05, 0) is 45.9 Å². The summed E-state index contributed by atoms with van der Waals surface area (Å²) in [4.78, 5) is 37.0. The van der Waals surface area contributed by atoms with Crippen molar-refractivity contribution in [3.8, 4) is 11.4 Å². The number of pyridine rings is 1. The Morgan fingerprint density at radius 1 is 1.04 bits per heavy atom. The second-order valence-corrected chi connectivity index (χ2v) is 5.55. The summed E-state index contributed by atoms with van der Waals surface area (Å²) < 4.78 is 9.78. The monoisotopic (exact) mass is 370 g/mol. The Morgan fingerprint density at radius 2 is 1.63 bits per heavy atom. The number of nitrogens with zero attached hydrogens (tertiary/aromatic N) is 3. The molecule has 142 valence electrons. The Kier molecular flexibility index (Phi) is 6.99. The van der Waals surface area contributed by atoms with Gasteiger partial charge in [-0.1, -0.05) is 0 Å². The highest BCUT2D eigenvalue weighted by Gasteiger charge is 2.21. The maximum absolute atomic E-state index is 12.0. The second-order valence-electron chi connectivity index (χ2n) is 5.55. The molecule has 2 heterocycles. The number of aromatic nitrogens is 3. The molecule has 0 unspecified atom stereocenters. The van der Waals surface area contributed by atoms with Gasteiger partial charge in [0.2, 0.25) is 0 Å². The van der Waals surface area contributed by atoms with Crippen LogP contribution in [0.25, 0.3) is 11.4 Å². The van der Waals surface area contributed by atoms with E-state index >= 15 is 0 Å². The fraction of sp³-hybridized carbons (Fsp3) is 0.316. The number of aryl methyl sites for hydroxylation is 2. The van der Waals surface area contributed by atoms with Crippen molar-refractivity contribution < 1.29 is 19.1 Å². The van der Waals surface area contributed by atoms with E-state index in [0.29, 0.717) is 11.6 Å². The van der Waals surface area contributed by atoms with Gasteiger partial charge in [0.05, 0.1) is 13.2 Å². The van der Waals surface area contributed by atoms with Gasteiger partial charge >= 0.3 is 11.9 Å². The van der Waals surface area contributed by atoms with E-state index in [1.165, 1.54) is 6.20 Å². The molecule has 0 aliphatic rings. The van der Waals surface area contributed by atoms with Gasteiger partial charge in [-0.25, -0.2) is 19.6 Å². The van der Waals surface area contributed by atoms with Crippen LogP contribution in [0.1, 0.15) is 25.2 Å². The Morgan fingerprint density at radius 3 is 2.19 bits per heavy atom. The summed E-state index contributed by atoms with van der Waals surface area (Å²) in [6.07, 6.45) is 2.81. The Bertz CT molecular complexity index is 824. The molecule has 0 aliphatic carbocycles. The third-order valence-corrected chi connectivity index (χ3v) is 3.35. The number of carbonyl (C=O) groups excluding carboxylic acids is 2. The van der Waals surface area contributed by atoms with Crippen LogP contribution in [0.15, 0.2) is 36.2 Å². The molecule has 2 aromatic rings. The number of hydrogen-bond acceptors (Lipinski definition) is 8. The van der Waals surface area contributed by atoms with Crippen molar-refractivity contribution >= 4 is 17.8 Å². The lowest BCUT2D eigenvalue weighted by atomic mass is 10.2. The first-order valence-corrected chi connectivity index (χ1v) is 8.54. The van der Waals surface area contributed by atoms with Crippen LogP contribution in [0.2, 0.25) is 0 Å². The summed E-state index contributed by atoms with van der Waals surface area (Å²) in [7, 11) is 0. The van der Waals surface area contributed by atoms with Gasteiger partial charge in [-0.2, -0.15) is 0 Å². The predicted molar refractivity (Wildman–Crippen MR) is 99.7 cm³/mol. The molecule has 0 bridgehead atoms. The number of ether oxygens (including phenoxy) is 2. The highest BCUT2D eigenvalue weighted by atomic mass is 16.6. The van der Waals surface area contributed by atoms with Gasteiger partial charge in [0.1, 0.15) is 5.82 Å². The number of anilines is 1. The van der Waals surface area contributed by atoms with Crippen LogP contribution in [0.3, 0.4) is 0 Å². The summed E-state index contributed by atoms with van der Waals surface area (Å²) in [6, 6.07) is 5.38. The largest absolute Gasteiger partial charge is 0.462 e. The van der Waals surface area contributed by atoms with Crippen molar-refractivity contribution in [3.63, 3.8) is 0 Å². The molecule has 2 aromatic heterocycles. The minimum atomic E-state index is -0.766. The number of rotatable bonds is 7. The summed E-state index contributed by atoms with van der Waals surface area (Å²) in [5.41, 5.74) is 2.30. The molecule has 2 rings (SSSR count). The first-order chi connectivity index (χ1) is 12.9. The number of carbonyl (C=O) groups is 2. The SMILES string of the molecule is CCOC(=O)C(=CNc1ccnc(-c2cc(C)nc(C)c2)n1)C(=O)OCC. The lowest BCUT2D eigenvalue weighted by Gasteiger charge is -2.08. The Labute approximate surface area is 157 Å². The van der Waals surface area contributed by atoms with E-state index in [1.807, 2.05) is 26.0 Å². The fourth-order valence-corrected chi connectivity index (χ4v) is 2.31. The second kappa shape index (κ2) is 9.42. The zero-order chi connectivity index (χ0) is 19.8. The maximum Gasteiger partial charge on any atom is 0.347 e. The van der Waals surface area contributed by atoms with Crippen molar-refractivity contribution in [1.29, 1.82) is 0 Å². The number of hydrogen-bond donors (Lipinski definition) is 1. The molecule has 0 amide bonds. The highest BCUT2D eigenvalue weighted by molar-refractivity contribution is 6.14. The lowest BCUT2D eigenvalue weighted by Crippen LogP contribution is -2.19. The van der Waals surface area contributed by atoms with Gasteiger partial charge in [-0.3, -0.25) is 4.98 Å². The van der Waals surface area contributed by atoms with E-state index in [4.69, 9.17) is 9.47 Å². The third-order valence-electron chi connectivity index (χ3n) is 3.35. The van der Waals surface area contributed by atoms with Crippen LogP contribution < -0.4 is 5.32 Å². The summed E-state index contributed by atoms with van der Waals surface area (Å²) in [6.45, 7) is 7.40. The first-order valence-electron chi connectivity index (χ1n) is 8.54. The average Bonchev–Trinajstić information content (AvgIpc) is 2.62. The molecule has 0 fully saturated rings. The van der Waals surface area contributed by atoms with Gasteiger partial charge < -0.3 is 14.8 Å². The highest BCUT2D eigenvalue weighted by Crippen LogP contribution is 2.18. The molecule has 0 aromatic carbocycles. The van der Waals surface area contributed by atoms with E-state index in [0.717, 1.165) is 17.0 Å². The molecule has 0 saturated heterocycles. The smallest absolute Gasteiger partial charge is 0.347 e. The molecule has 8 nitrogen and oxygen atoms in total. The van der Waals surface area contributed by atoms with Crippen LogP contribution >= 0.6 is 0 Å². The van der Waals surface area contributed by atoms with Gasteiger partial charge in [0.15, 0.2) is 11.4 Å². The average molecular weight is 370 g/mol. The molecular formula is C19H22N4O4. The molecule has 8 heteroatoms. The minimum absolute atomic E-state index is 0.147. The van der Waals surface area contributed by atoms with E-state index in [2.05, 4.69) is 20.3 Å². The fourth-order valence-electron chi connectivity index (χ4n) is 2.31. The Balaban J connectivity index is 2.28. The lowest BCUT2D eigenvalue weighted by molar-refractivity contribution is -0.146. The van der Waals surface area contributed by atoms with Gasteiger partial charge in [-0.15, -0.1) is 0 Å². The predicted octanol–water partition coefficient (Wildman–Crippen LogP) is 2.58. The third kappa shape index (κ3) is 5.60. The molecule has 0 radical (unpaired) electrons. The number of esters is 2. The number of nitrogens with one attached hydrogen (secondary N) is 1. The normalized spacial score (nSPS) is 10.1. The standard InChI is InChI=1S/C19H22N4O4/c1-5-26-18(24)15(19(25)27-6-2)11-21-16-7-8-20-17(23-16)14-9-12(3)22-13(4)10-14/h7-11H,5-6H2,1-4H3,(H,20,21,23). The van der Waals surface area contributed by atoms with E-state index in [9.17, 15) is 9.59 Å². The molecule has 27 heavy (non-hydrogen) atoms. The first kappa shape index (κ1) is 20.0. The van der Waals surface area contributed by atoms with E-state index in [1.54, 1.807) is 26.1 Å². The quantitative estimate of drug-likeness (QED) is 0.343. The van der Waals surface area contributed by atoms with Gasteiger partial charge in [0, 0.05) is 29.3 Å². The van der Waals surface area contributed by atoms with Crippen molar-refractivity contribution in [1.82, 2.24) is 15.0 Å². The summed E-state index contributed by atoms with van der Waals surface area (Å²) in [5.74, 6) is -0.620. The summed E-state index contributed by atoms with van der Waals surface area (Å²) >= 11 is 0. The molecule has 0 saturated carbocycles. The van der Waals surface area contributed by atoms with Crippen LogP contribution in [0, 0.1) is 13.8 Å². The van der Waals surface area contributed by atoms with E-state index < -0.39 is 11.9 Å². The zero-order valence-electron chi connectivity index (χ0n) is 15.8. The van der Waals surface area contributed by atoms with Crippen LogP contribution in [0.4, 0.5) is 5.82 Å². The van der Waals surface area contributed by atoms with E-state index in [-0.39, 0.29) is 18.8 Å². The summed E-state index contributed by atoms with van der Waals surface area (Å²) in [5, 5.41) is 2.83. The molecule has 1 N–H and O–H groups in total. The zero-order valence-corrected chi connectivity index (χ0v) is 15.8. The van der Waals surface area contributed by atoms with Crippen LogP contribution in [-0.4, -0.2) is 40.1 Å². The molecule has 0 aliphatic heterocycles. The van der Waals surface area contributed by atoms with Crippen LogP contribution in [0.5, 0.6) is 0 Å². The van der Waals surface area contributed by atoms with Crippen molar-refractivity contribution in [2.24, 2.45) is 0 Å². The molecular weight excluding hydrogens is 348 g/mol. The molecule has 0 atom stereocenters. The van der Waals surface area contributed by atoms with Crippen LogP contribution in [-0.2, 0) is 19.1 Å². The van der Waals surface area contributed by atoms with Crippen molar-refractivity contribution in [2.45, 2.75) is 27.7 Å². The molecule has 0 spiro atoms.